The fourth-order valence-electron chi connectivity index (χ4n) is 3.38. The summed E-state index contributed by atoms with van der Waals surface area (Å²) in [6.45, 7) is 4.91. The van der Waals surface area contributed by atoms with Gasteiger partial charge in [0.2, 0.25) is 0 Å². The van der Waals surface area contributed by atoms with Gasteiger partial charge >= 0.3 is 0 Å². The topological polar surface area (TPSA) is 50.1 Å². The molecule has 0 amide bonds. The summed E-state index contributed by atoms with van der Waals surface area (Å²) in [5, 5.41) is 4.29. The number of likely N-dealkylation sites (tertiary alicyclic amines) is 1. The van der Waals surface area contributed by atoms with E-state index in [1.807, 2.05) is 31.0 Å². The van der Waals surface area contributed by atoms with E-state index in [1.165, 1.54) is 23.2 Å². The molecule has 0 aliphatic carbocycles. The van der Waals surface area contributed by atoms with Gasteiger partial charge in [-0.05, 0) is 40.4 Å². The number of rotatable bonds is 5. The van der Waals surface area contributed by atoms with Crippen molar-refractivity contribution in [3.05, 3.63) is 41.2 Å². The molecule has 6 nitrogen and oxygen atoms in total. The Morgan fingerprint density at radius 1 is 1.30 bits per heavy atom. The molecule has 1 aliphatic heterocycles. The van der Waals surface area contributed by atoms with Crippen molar-refractivity contribution in [3.63, 3.8) is 0 Å². The highest BCUT2D eigenvalue weighted by Gasteiger charge is 2.29. The van der Waals surface area contributed by atoms with Crippen LogP contribution in [0.5, 0.6) is 0 Å². The molecule has 2 aromatic rings. The lowest BCUT2D eigenvalue weighted by molar-refractivity contribution is 0.241. The molecule has 1 aliphatic rings. The third kappa shape index (κ3) is 3.76. The summed E-state index contributed by atoms with van der Waals surface area (Å²) < 4.78 is 1.87. The lowest BCUT2D eigenvalue weighted by Crippen LogP contribution is -2.25. The molecular formula is C17H26N6. The molecule has 0 aromatic carbocycles. The highest BCUT2D eigenvalue weighted by Crippen LogP contribution is 2.34. The smallest absolute Gasteiger partial charge is 0.125 e. The van der Waals surface area contributed by atoms with E-state index in [4.69, 9.17) is 4.98 Å². The number of aryl methyl sites for hydroxylation is 2. The van der Waals surface area contributed by atoms with E-state index in [0.29, 0.717) is 6.04 Å². The summed E-state index contributed by atoms with van der Waals surface area (Å²) in [4.78, 5) is 13.9. The Kier molecular flexibility index (Phi) is 4.73. The summed E-state index contributed by atoms with van der Waals surface area (Å²) in [6, 6.07) is 0.381. The molecule has 0 unspecified atom stereocenters. The van der Waals surface area contributed by atoms with E-state index in [-0.39, 0.29) is 0 Å². The van der Waals surface area contributed by atoms with Crippen LogP contribution < -0.4 is 0 Å². The summed E-state index contributed by atoms with van der Waals surface area (Å²) in [7, 11) is 6.14. The van der Waals surface area contributed by atoms with E-state index >= 15 is 0 Å². The Morgan fingerprint density at radius 3 is 2.83 bits per heavy atom. The average Bonchev–Trinajstić information content (AvgIpc) is 3.10. The van der Waals surface area contributed by atoms with Crippen LogP contribution in [0.2, 0.25) is 0 Å². The van der Waals surface area contributed by atoms with Gasteiger partial charge < -0.3 is 4.90 Å². The van der Waals surface area contributed by atoms with E-state index in [1.54, 1.807) is 0 Å². The standard InChI is InChI=1S/C17H26N6/c1-13-18-9-15(12-21(2)3)17(20-13)16-6-5-7-23(16)11-14-8-19-22(4)10-14/h8-10,16H,5-7,11-12H2,1-4H3/t16-/m1/s1. The van der Waals surface area contributed by atoms with Gasteiger partial charge in [0.25, 0.3) is 0 Å². The third-order valence-electron chi connectivity index (χ3n) is 4.33. The van der Waals surface area contributed by atoms with Gasteiger partial charge in [0.15, 0.2) is 0 Å². The minimum atomic E-state index is 0.381. The summed E-state index contributed by atoms with van der Waals surface area (Å²) in [6.07, 6.45) is 8.44. The Bertz CT molecular complexity index is 663. The Morgan fingerprint density at radius 2 is 2.13 bits per heavy atom. The van der Waals surface area contributed by atoms with Gasteiger partial charge in [-0.1, -0.05) is 0 Å². The second-order valence-corrected chi connectivity index (χ2v) is 6.72. The zero-order chi connectivity index (χ0) is 16.4. The minimum Gasteiger partial charge on any atom is -0.305 e. The summed E-state index contributed by atoms with van der Waals surface area (Å²) in [5.74, 6) is 0.857. The first-order chi connectivity index (χ1) is 11.0. The molecule has 0 bridgehead atoms. The van der Waals surface area contributed by atoms with Crippen LogP contribution in [0.1, 0.15) is 41.5 Å². The molecule has 3 rings (SSSR count). The number of aromatic nitrogens is 4. The van der Waals surface area contributed by atoms with Gasteiger partial charge in [0, 0.05) is 43.7 Å². The first-order valence-electron chi connectivity index (χ1n) is 8.21. The van der Waals surface area contributed by atoms with Crippen molar-refractivity contribution in [1.29, 1.82) is 0 Å². The maximum Gasteiger partial charge on any atom is 0.125 e. The van der Waals surface area contributed by atoms with Crippen molar-refractivity contribution in [2.75, 3.05) is 20.6 Å². The summed E-state index contributed by atoms with van der Waals surface area (Å²) in [5.41, 5.74) is 3.70. The van der Waals surface area contributed by atoms with Crippen LogP contribution in [-0.2, 0) is 20.1 Å². The molecule has 0 spiro atoms. The first kappa shape index (κ1) is 16.1. The molecule has 0 radical (unpaired) electrons. The lowest BCUT2D eigenvalue weighted by atomic mass is 10.1. The number of hydrogen-bond donors (Lipinski definition) is 0. The molecule has 2 aromatic heterocycles. The normalized spacial score (nSPS) is 18.9. The van der Waals surface area contributed by atoms with Crippen molar-refractivity contribution < 1.29 is 0 Å². The molecule has 0 N–H and O–H groups in total. The Labute approximate surface area is 138 Å². The monoisotopic (exact) mass is 314 g/mol. The van der Waals surface area contributed by atoms with Gasteiger partial charge in [0.05, 0.1) is 17.9 Å². The molecule has 1 saturated heterocycles. The fraction of sp³-hybridized carbons (Fsp3) is 0.588. The van der Waals surface area contributed by atoms with Gasteiger partial charge in [-0.15, -0.1) is 0 Å². The molecule has 23 heavy (non-hydrogen) atoms. The van der Waals surface area contributed by atoms with Crippen LogP contribution in [0.4, 0.5) is 0 Å². The van der Waals surface area contributed by atoms with Crippen molar-refractivity contribution in [2.45, 2.75) is 38.9 Å². The van der Waals surface area contributed by atoms with Gasteiger partial charge in [-0.25, -0.2) is 9.97 Å². The quantitative estimate of drug-likeness (QED) is 0.844. The third-order valence-corrected chi connectivity index (χ3v) is 4.33. The SMILES string of the molecule is Cc1ncc(CN(C)C)c([C@H]2CCCN2Cc2cnn(C)c2)n1. The van der Waals surface area contributed by atoms with Gasteiger partial charge in [-0.3, -0.25) is 9.58 Å². The maximum absolute atomic E-state index is 4.80. The predicted octanol–water partition coefficient (Wildman–Crippen LogP) is 1.92. The second kappa shape index (κ2) is 6.76. The Balaban J connectivity index is 1.85. The number of hydrogen-bond acceptors (Lipinski definition) is 5. The van der Waals surface area contributed by atoms with E-state index in [9.17, 15) is 0 Å². The zero-order valence-corrected chi connectivity index (χ0v) is 14.5. The van der Waals surface area contributed by atoms with Crippen LogP contribution in [0, 0.1) is 6.92 Å². The van der Waals surface area contributed by atoms with Crippen LogP contribution in [0.15, 0.2) is 18.6 Å². The molecular weight excluding hydrogens is 288 g/mol. The van der Waals surface area contributed by atoms with Crippen LogP contribution in [0.3, 0.4) is 0 Å². The molecule has 124 valence electrons. The highest BCUT2D eigenvalue weighted by atomic mass is 15.3. The van der Waals surface area contributed by atoms with Gasteiger partial charge in [-0.2, -0.15) is 5.10 Å². The fourth-order valence-corrected chi connectivity index (χ4v) is 3.38. The number of nitrogens with zero attached hydrogens (tertiary/aromatic N) is 6. The maximum atomic E-state index is 4.80. The van der Waals surface area contributed by atoms with Crippen LogP contribution in [-0.4, -0.2) is 50.2 Å². The van der Waals surface area contributed by atoms with Crippen molar-refractivity contribution in [1.82, 2.24) is 29.5 Å². The molecule has 3 heterocycles. The minimum absolute atomic E-state index is 0.381. The van der Waals surface area contributed by atoms with E-state index < -0.39 is 0 Å². The average molecular weight is 314 g/mol. The molecule has 1 fully saturated rings. The zero-order valence-electron chi connectivity index (χ0n) is 14.5. The second-order valence-electron chi connectivity index (χ2n) is 6.72. The van der Waals surface area contributed by atoms with E-state index in [0.717, 1.165) is 31.9 Å². The van der Waals surface area contributed by atoms with Crippen LogP contribution >= 0.6 is 0 Å². The van der Waals surface area contributed by atoms with Crippen LogP contribution in [0.25, 0.3) is 0 Å². The van der Waals surface area contributed by atoms with Gasteiger partial charge in [0.1, 0.15) is 5.82 Å². The van der Waals surface area contributed by atoms with E-state index in [2.05, 4.69) is 40.2 Å². The predicted molar refractivity (Wildman–Crippen MR) is 89.8 cm³/mol. The molecule has 0 saturated carbocycles. The van der Waals surface area contributed by atoms with Crippen molar-refractivity contribution in [2.24, 2.45) is 7.05 Å². The molecule has 1 atom stereocenters. The molecule has 6 heteroatoms. The largest absolute Gasteiger partial charge is 0.305 e. The lowest BCUT2D eigenvalue weighted by Gasteiger charge is -2.26. The van der Waals surface area contributed by atoms with Crippen molar-refractivity contribution in [3.8, 4) is 0 Å². The Hall–Kier alpha value is -1.79. The first-order valence-corrected chi connectivity index (χ1v) is 8.21. The highest BCUT2D eigenvalue weighted by molar-refractivity contribution is 5.22. The summed E-state index contributed by atoms with van der Waals surface area (Å²) >= 11 is 0. The van der Waals surface area contributed by atoms with Crippen molar-refractivity contribution >= 4 is 0 Å².